The fourth-order valence-corrected chi connectivity index (χ4v) is 5.40. The molecule has 1 aliphatic rings. The molecule has 0 bridgehead atoms. The molecule has 7 nitrogen and oxygen atoms in total. The second kappa shape index (κ2) is 9.69. The Bertz CT molecular complexity index is 1320. The Labute approximate surface area is 199 Å². The van der Waals surface area contributed by atoms with Crippen LogP contribution in [0.15, 0.2) is 71.6 Å². The standard InChI is InChI=1S/C26H27N3O4S/c1-18-5-9-20(10-6-18)17-27-25(30)26(31)28-22-12-11-21-4-3-15-29(24(21)16-22)34(32,33)23-13-7-19(2)8-14-23/h5-14,16H,3-4,15,17H2,1-2H3,(H,27,30)(H,28,31). The predicted octanol–water partition coefficient (Wildman–Crippen LogP) is 3.70. The molecule has 0 aliphatic carbocycles. The number of benzene rings is 3. The highest BCUT2D eigenvalue weighted by Gasteiger charge is 2.29. The van der Waals surface area contributed by atoms with Crippen LogP contribution in [0, 0.1) is 13.8 Å². The first-order valence-corrected chi connectivity index (χ1v) is 12.5. The molecule has 4 rings (SSSR count). The molecule has 3 aromatic rings. The summed E-state index contributed by atoms with van der Waals surface area (Å²) in [4.78, 5) is 24.9. The molecule has 2 N–H and O–H groups in total. The summed E-state index contributed by atoms with van der Waals surface area (Å²) < 4.78 is 28.0. The lowest BCUT2D eigenvalue weighted by molar-refractivity contribution is -0.136. The SMILES string of the molecule is Cc1ccc(CNC(=O)C(=O)Nc2ccc3c(c2)N(S(=O)(=O)c2ccc(C)cc2)CCC3)cc1. The number of fused-ring (bicyclic) bond motifs is 1. The van der Waals surface area contributed by atoms with E-state index >= 15 is 0 Å². The summed E-state index contributed by atoms with van der Waals surface area (Å²) in [7, 11) is -3.75. The zero-order valence-corrected chi connectivity index (χ0v) is 20.0. The van der Waals surface area contributed by atoms with E-state index < -0.39 is 21.8 Å². The summed E-state index contributed by atoms with van der Waals surface area (Å²) in [5, 5.41) is 5.19. The number of nitrogens with one attached hydrogen (secondary N) is 2. The summed E-state index contributed by atoms with van der Waals surface area (Å²) in [5.74, 6) is -1.57. The Morgan fingerprint density at radius 1 is 0.882 bits per heavy atom. The van der Waals surface area contributed by atoms with Crippen LogP contribution in [0.4, 0.5) is 11.4 Å². The zero-order valence-electron chi connectivity index (χ0n) is 19.2. The van der Waals surface area contributed by atoms with Crippen LogP contribution in [0.1, 0.15) is 28.7 Å². The molecule has 3 aromatic carbocycles. The first-order chi connectivity index (χ1) is 16.2. The normalized spacial score (nSPS) is 13.2. The van der Waals surface area contributed by atoms with Gasteiger partial charge in [0.15, 0.2) is 0 Å². The Hall–Kier alpha value is -3.65. The van der Waals surface area contributed by atoms with Gasteiger partial charge in [-0.25, -0.2) is 8.42 Å². The largest absolute Gasteiger partial charge is 0.344 e. The van der Waals surface area contributed by atoms with E-state index in [2.05, 4.69) is 10.6 Å². The number of hydrogen-bond acceptors (Lipinski definition) is 4. The summed E-state index contributed by atoms with van der Waals surface area (Å²) in [5.41, 5.74) is 4.73. The van der Waals surface area contributed by atoms with Gasteiger partial charge in [-0.15, -0.1) is 0 Å². The zero-order chi connectivity index (χ0) is 24.3. The summed E-state index contributed by atoms with van der Waals surface area (Å²) in [6, 6.07) is 19.5. The number of hydrogen-bond donors (Lipinski definition) is 2. The molecule has 0 saturated carbocycles. The van der Waals surface area contributed by atoms with Crippen LogP contribution < -0.4 is 14.9 Å². The lowest BCUT2D eigenvalue weighted by Gasteiger charge is -2.31. The highest BCUT2D eigenvalue weighted by atomic mass is 32.2. The van der Waals surface area contributed by atoms with E-state index in [4.69, 9.17) is 0 Å². The van der Waals surface area contributed by atoms with Crippen LogP contribution in [-0.4, -0.2) is 26.8 Å². The van der Waals surface area contributed by atoms with Gasteiger partial charge in [-0.2, -0.15) is 0 Å². The summed E-state index contributed by atoms with van der Waals surface area (Å²) in [6.45, 7) is 4.46. The molecule has 0 unspecified atom stereocenters. The van der Waals surface area contributed by atoms with Gasteiger partial charge in [0.25, 0.3) is 10.0 Å². The number of carbonyl (C=O) groups is 2. The highest BCUT2D eigenvalue weighted by Crippen LogP contribution is 2.34. The second-order valence-electron chi connectivity index (χ2n) is 8.46. The van der Waals surface area contributed by atoms with E-state index in [0.717, 1.165) is 28.7 Å². The van der Waals surface area contributed by atoms with Crippen molar-refractivity contribution < 1.29 is 18.0 Å². The number of nitrogens with zero attached hydrogens (tertiary/aromatic N) is 1. The summed E-state index contributed by atoms with van der Waals surface area (Å²) in [6.07, 6.45) is 1.44. The minimum atomic E-state index is -3.75. The number of amides is 2. The fourth-order valence-electron chi connectivity index (χ4n) is 3.86. The van der Waals surface area contributed by atoms with Gasteiger partial charge < -0.3 is 10.6 Å². The maximum atomic E-state index is 13.3. The Kier molecular flexibility index (Phi) is 6.70. The molecule has 1 heterocycles. The van der Waals surface area contributed by atoms with Gasteiger partial charge in [0.05, 0.1) is 10.6 Å². The molecule has 8 heteroatoms. The molecular weight excluding hydrogens is 450 g/mol. The average Bonchev–Trinajstić information content (AvgIpc) is 2.83. The topological polar surface area (TPSA) is 95.6 Å². The maximum absolute atomic E-state index is 13.3. The molecule has 0 fully saturated rings. The van der Waals surface area contributed by atoms with Crippen molar-refractivity contribution in [2.75, 3.05) is 16.2 Å². The van der Waals surface area contributed by atoms with Gasteiger partial charge in [-0.05, 0) is 62.1 Å². The van der Waals surface area contributed by atoms with Crippen molar-refractivity contribution in [3.63, 3.8) is 0 Å². The number of sulfonamides is 1. The van der Waals surface area contributed by atoms with Gasteiger partial charge in [0.2, 0.25) is 0 Å². The predicted molar refractivity (Wildman–Crippen MR) is 132 cm³/mol. The lowest BCUT2D eigenvalue weighted by atomic mass is 10.0. The van der Waals surface area contributed by atoms with Gasteiger partial charge in [-0.3, -0.25) is 13.9 Å². The number of anilines is 2. The van der Waals surface area contributed by atoms with Crippen LogP contribution >= 0.6 is 0 Å². The van der Waals surface area contributed by atoms with Crippen molar-refractivity contribution in [3.8, 4) is 0 Å². The van der Waals surface area contributed by atoms with Crippen molar-refractivity contribution in [2.24, 2.45) is 0 Å². The van der Waals surface area contributed by atoms with E-state index in [0.29, 0.717) is 24.3 Å². The van der Waals surface area contributed by atoms with E-state index in [-0.39, 0.29) is 11.4 Å². The Balaban J connectivity index is 1.49. The second-order valence-corrected chi connectivity index (χ2v) is 10.3. The van der Waals surface area contributed by atoms with Crippen LogP contribution in [0.3, 0.4) is 0 Å². The molecule has 34 heavy (non-hydrogen) atoms. The minimum Gasteiger partial charge on any atom is -0.344 e. The number of carbonyl (C=O) groups excluding carboxylic acids is 2. The molecule has 0 radical (unpaired) electrons. The van der Waals surface area contributed by atoms with Crippen LogP contribution in [0.2, 0.25) is 0 Å². The van der Waals surface area contributed by atoms with E-state index in [1.54, 1.807) is 42.5 Å². The lowest BCUT2D eigenvalue weighted by Crippen LogP contribution is -2.36. The van der Waals surface area contributed by atoms with Crippen LogP contribution in [0.5, 0.6) is 0 Å². The third kappa shape index (κ3) is 5.12. The average molecular weight is 478 g/mol. The molecule has 0 atom stereocenters. The first kappa shape index (κ1) is 23.5. The monoisotopic (exact) mass is 477 g/mol. The van der Waals surface area contributed by atoms with Crippen LogP contribution in [-0.2, 0) is 32.6 Å². The van der Waals surface area contributed by atoms with Crippen molar-refractivity contribution >= 4 is 33.2 Å². The molecule has 2 amide bonds. The third-order valence-electron chi connectivity index (χ3n) is 5.81. The van der Waals surface area contributed by atoms with Gasteiger partial charge >= 0.3 is 11.8 Å². The van der Waals surface area contributed by atoms with Gasteiger partial charge in [0.1, 0.15) is 0 Å². The Morgan fingerprint density at radius 3 is 2.21 bits per heavy atom. The quantitative estimate of drug-likeness (QED) is 0.548. The molecule has 0 aromatic heterocycles. The van der Waals surface area contributed by atoms with Crippen LogP contribution in [0.25, 0.3) is 0 Å². The number of rotatable bonds is 5. The fraction of sp³-hybridized carbons (Fsp3) is 0.231. The number of aryl methyl sites for hydroxylation is 3. The smallest absolute Gasteiger partial charge is 0.313 e. The summed E-state index contributed by atoms with van der Waals surface area (Å²) >= 11 is 0. The van der Waals surface area contributed by atoms with E-state index in [1.807, 2.05) is 38.1 Å². The first-order valence-electron chi connectivity index (χ1n) is 11.1. The molecule has 0 saturated heterocycles. The van der Waals surface area contributed by atoms with Crippen molar-refractivity contribution in [1.29, 1.82) is 0 Å². The van der Waals surface area contributed by atoms with Gasteiger partial charge in [0, 0.05) is 18.8 Å². The third-order valence-corrected chi connectivity index (χ3v) is 7.64. The van der Waals surface area contributed by atoms with Crippen molar-refractivity contribution in [2.45, 2.75) is 38.1 Å². The van der Waals surface area contributed by atoms with Crippen molar-refractivity contribution in [1.82, 2.24) is 5.32 Å². The van der Waals surface area contributed by atoms with Gasteiger partial charge in [-0.1, -0.05) is 53.6 Å². The molecule has 1 aliphatic heterocycles. The molecular formula is C26H27N3O4S. The Morgan fingerprint density at radius 2 is 1.53 bits per heavy atom. The molecule has 176 valence electrons. The van der Waals surface area contributed by atoms with E-state index in [9.17, 15) is 18.0 Å². The molecule has 0 spiro atoms. The van der Waals surface area contributed by atoms with E-state index in [1.165, 1.54) is 4.31 Å². The van der Waals surface area contributed by atoms with Crippen molar-refractivity contribution in [3.05, 3.63) is 89.0 Å². The highest BCUT2D eigenvalue weighted by molar-refractivity contribution is 7.92. The maximum Gasteiger partial charge on any atom is 0.313 e. The minimum absolute atomic E-state index is 0.218.